The van der Waals surface area contributed by atoms with Gasteiger partial charge in [-0.3, -0.25) is 18.7 Å². The predicted octanol–water partition coefficient (Wildman–Crippen LogP) is 0.363. The van der Waals surface area contributed by atoms with Crippen LogP contribution in [0.25, 0.3) is 22.4 Å². The molecule has 0 unspecified atom stereocenters. The first-order chi connectivity index (χ1) is 13.9. The van der Waals surface area contributed by atoms with Crippen molar-refractivity contribution in [2.75, 3.05) is 31.1 Å². The van der Waals surface area contributed by atoms with E-state index >= 15 is 0 Å². The SMILES string of the molecule is CC(=O)N1CCN(c2nc3c(nc2-c2ccccc2)c(=O)n(C)c(=O)n3C)CC1. The van der Waals surface area contributed by atoms with E-state index in [2.05, 4.69) is 9.88 Å². The van der Waals surface area contributed by atoms with E-state index in [0.29, 0.717) is 37.7 Å². The highest BCUT2D eigenvalue weighted by Crippen LogP contribution is 2.29. The number of aromatic nitrogens is 4. The third-order valence-corrected chi connectivity index (χ3v) is 5.33. The minimum absolute atomic E-state index is 0.0448. The lowest BCUT2D eigenvalue weighted by Gasteiger charge is -2.35. The van der Waals surface area contributed by atoms with E-state index in [1.165, 1.54) is 11.6 Å². The number of aryl methyl sites for hydroxylation is 1. The summed E-state index contributed by atoms with van der Waals surface area (Å²) in [6.07, 6.45) is 0. The second kappa shape index (κ2) is 7.16. The van der Waals surface area contributed by atoms with Crippen molar-refractivity contribution in [3.63, 3.8) is 0 Å². The zero-order valence-electron chi connectivity index (χ0n) is 16.6. The lowest BCUT2D eigenvalue weighted by Crippen LogP contribution is -2.48. The summed E-state index contributed by atoms with van der Waals surface area (Å²) in [5.74, 6) is 0.651. The van der Waals surface area contributed by atoms with Crippen LogP contribution >= 0.6 is 0 Å². The van der Waals surface area contributed by atoms with Crippen molar-refractivity contribution >= 4 is 22.9 Å². The number of amides is 1. The highest BCUT2D eigenvalue weighted by molar-refractivity contribution is 5.81. The Labute approximate surface area is 166 Å². The van der Waals surface area contributed by atoms with Crippen molar-refractivity contribution in [2.24, 2.45) is 14.1 Å². The van der Waals surface area contributed by atoms with Gasteiger partial charge in [-0.1, -0.05) is 30.3 Å². The maximum absolute atomic E-state index is 12.7. The Morgan fingerprint density at radius 2 is 1.59 bits per heavy atom. The molecule has 9 heteroatoms. The Morgan fingerprint density at radius 3 is 2.21 bits per heavy atom. The summed E-state index contributed by atoms with van der Waals surface area (Å²) in [7, 11) is 3.02. The van der Waals surface area contributed by atoms with Crippen molar-refractivity contribution in [3.8, 4) is 11.3 Å². The summed E-state index contributed by atoms with van der Waals surface area (Å²) in [4.78, 5) is 49.9. The molecule has 0 radical (unpaired) electrons. The first-order valence-electron chi connectivity index (χ1n) is 9.42. The van der Waals surface area contributed by atoms with E-state index in [0.717, 1.165) is 10.1 Å². The molecule has 1 amide bonds. The van der Waals surface area contributed by atoms with Gasteiger partial charge in [0.25, 0.3) is 5.56 Å². The number of carbonyl (C=O) groups excluding carboxylic acids is 1. The van der Waals surface area contributed by atoms with Crippen LogP contribution in [0.2, 0.25) is 0 Å². The molecule has 150 valence electrons. The second-order valence-corrected chi connectivity index (χ2v) is 7.13. The smallest absolute Gasteiger partial charge is 0.332 e. The third kappa shape index (κ3) is 3.18. The van der Waals surface area contributed by atoms with Gasteiger partial charge in [-0.15, -0.1) is 0 Å². The summed E-state index contributed by atoms with van der Waals surface area (Å²) in [6, 6.07) is 9.54. The van der Waals surface area contributed by atoms with Crippen molar-refractivity contribution in [2.45, 2.75) is 6.92 Å². The van der Waals surface area contributed by atoms with Crippen LogP contribution in [0.3, 0.4) is 0 Å². The Hall–Kier alpha value is -3.49. The second-order valence-electron chi connectivity index (χ2n) is 7.13. The van der Waals surface area contributed by atoms with Crippen LogP contribution in [-0.2, 0) is 18.9 Å². The lowest BCUT2D eigenvalue weighted by atomic mass is 10.1. The molecule has 0 spiro atoms. The fourth-order valence-electron chi connectivity index (χ4n) is 3.60. The molecule has 1 aliphatic heterocycles. The number of benzene rings is 1. The highest BCUT2D eigenvalue weighted by atomic mass is 16.2. The molecule has 0 bridgehead atoms. The van der Waals surface area contributed by atoms with E-state index in [1.807, 2.05) is 30.3 Å². The van der Waals surface area contributed by atoms with Crippen LogP contribution in [0.5, 0.6) is 0 Å². The molecule has 1 aliphatic rings. The normalized spacial score (nSPS) is 14.4. The number of anilines is 1. The monoisotopic (exact) mass is 394 g/mol. The first-order valence-corrected chi connectivity index (χ1v) is 9.42. The molecule has 2 aromatic heterocycles. The molecule has 3 heterocycles. The van der Waals surface area contributed by atoms with Gasteiger partial charge in [0, 0.05) is 52.8 Å². The van der Waals surface area contributed by atoms with Gasteiger partial charge in [-0.2, -0.15) is 0 Å². The van der Waals surface area contributed by atoms with Gasteiger partial charge in [0.2, 0.25) is 5.91 Å². The molecule has 0 aliphatic carbocycles. The third-order valence-electron chi connectivity index (χ3n) is 5.33. The van der Waals surface area contributed by atoms with Gasteiger partial charge in [0.1, 0.15) is 5.69 Å². The minimum Gasteiger partial charge on any atom is -0.351 e. The van der Waals surface area contributed by atoms with Crippen LogP contribution in [0.4, 0.5) is 5.82 Å². The van der Waals surface area contributed by atoms with Gasteiger partial charge in [0.05, 0.1) is 0 Å². The Kier molecular flexibility index (Phi) is 4.65. The molecule has 3 aromatic rings. The number of hydrogen-bond acceptors (Lipinski definition) is 6. The average molecular weight is 394 g/mol. The zero-order chi connectivity index (χ0) is 20.7. The molecule has 29 heavy (non-hydrogen) atoms. The van der Waals surface area contributed by atoms with Gasteiger partial charge >= 0.3 is 5.69 Å². The molecule has 1 fully saturated rings. The molecule has 1 saturated heterocycles. The number of hydrogen-bond donors (Lipinski definition) is 0. The average Bonchev–Trinajstić information content (AvgIpc) is 2.76. The number of nitrogens with zero attached hydrogens (tertiary/aromatic N) is 6. The van der Waals surface area contributed by atoms with Crippen LogP contribution in [0, 0.1) is 0 Å². The maximum atomic E-state index is 12.7. The number of carbonyl (C=O) groups is 1. The van der Waals surface area contributed by atoms with E-state index in [9.17, 15) is 14.4 Å². The fourth-order valence-corrected chi connectivity index (χ4v) is 3.60. The summed E-state index contributed by atoms with van der Waals surface area (Å²) < 4.78 is 2.38. The Morgan fingerprint density at radius 1 is 0.931 bits per heavy atom. The summed E-state index contributed by atoms with van der Waals surface area (Å²) in [6.45, 7) is 3.92. The molecule has 0 saturated carbocycles. The molecular weight excluding hydrogens is 372 g/mol. The van der Waals surface area contributed by atoms with E-state index in [-0.39, 0.29) is 17.1 Å². The van der Waals surface area contributed by atoms with Gasteiger partial charge in [-0.05, 0) is 0 Å². The summed E-state index contributed by atoms with van der Waals surface area (Å²) in [5, 5.41) is 0. The van der Waals surface area contributed by atoms with Crippen LogP contribution < -0.4 is 16.1 Å². The van der Waals surface area contributed by atoms with Crippen LogP contribution in [0.1, 0.15) is 6.92 Å². The standard InChI is InChI=1S/C20H22N6O3/c1-13(27)25-9-11-26(12-10-25)18-15(14-7-5-4-6-8-14)21-16-17(22-18)23(2)20(29)24(3)19(16)28/h4-8H,9-12H2,1-3H3. The van der Waals surface area contributed by atoms with Crippen molar-refractivity contribution in [1.29, 1.82) is 0 Å². The number of fused-ring (bicyclic) bond motifs is 1. The molecule has 0 N–H and O–H groups in total. The first kappa shape index (κ1) is 18.9. The molecule has 4 rings (SSSR count). The number of rotatable bonds is 2. The molecule has 0 atom stereocenters. The summed E-state index contributed by atoms with van der Waals surface area (Å²) >= 11 is 0. The highest BCUT2D eigenvalue weighted by Gasteiger charge is 2.25. The minimum atomic E-state index is -0.472. The largest absolute Gasteiger partial charge is 0.351 e. The van der Waals surface area contributed by atoms with Crippen molar-refractivity contribution in [1.82, 2.24) is 24.0 Å². The lowest BCUT2D eigenvalue weighted by molar-refractivity contribution is -0.129. The van der Waals surface area contributed by atoms with Gasteiger partial charge in [-0.25, -0.2) is 14.8 Å². The van der Waals surface area contributed by atoms with Gasteiger partial charge in [0.15, 0.2) is 17.0 Å². The molecule has 9 nitrogen and oxygen atoms in total. The topological polar surface area (TPSA) is 93.3 Å². The number of piperazine rings is 1. The maximum Gasteiger partial charge on any atom is 0.332 e. The Bertz CT molecular complexity index is 1210. The predicted molar refractivity (Wildman–Crippen MR) is 110 cm³/mol. The molecule has 1 aromatic carbocycles. The van der Waals surface area contributed by atoms with Crippen LogP contribution in [0.15, 0.2) is 39.9 Å². The fraction of sp³-hybridized carbons (Fsp3) is 0.350. The molecular formula is C20H22N6O3. The van der Waals surface area contributed by atoms with Gasteiger partial charge < -0.3 is 9.80 Å². The van der Waals surface area contributed by atoms with E-state index in [4.69, 9.17) is 4.98 Å². The zero-order valence-corrected chi connectivity index (χ0v) is 16.6. The van der Waals surface area contributed by atoms with Crippen molar-refractivity contribution < 1.29 is 4.79 Å². The summed E-state index contributed by atoms with van der Waals surface area (Å²) in [5.41, 5.74) is 0.908. The van der Waals surface area contributed by atoms with Crippen LogP contribution in [-0.4, -0.2) is 56.1 Å². The Balaban J connectivity index is 1.93. The quantitative estimate of drug-likeness (QED) is 0.623. The van der Waals surface area contributed by atoms with E-state index in [1.54, 1.807) is 18.9 Å². The van der Waals surface area contributed by atoms with E-state index < -0.39 is 11.2 Å². The van der Waals surface area contributed by atoms with Crippen molar-refractivity contribution in [3.05, 3.63) is 51.2 Å².